The van der Waals surface area contributed by atoms with E-state index in [1.807, 2.05) is 25.7 Å². The lowest BCUT2D eigenvalue weighted by Crippen LogP contribution is -2.53. The highest BCUT2D eigenvalue weighted by molar-refractivity contribution is 5.97. The number of likely N-dealkylation sites (N-methyl/N-ethyl adjacent to an activating group) is 1. The second-order valence-corrected chi connectivity index (χ2v) is 10.1. The molecule has 0 spiro atoms. The first kappa shape index (κ1) is 25.0. The van der Waals surface area contributed by atoms with E-state index in [9.17, 15) is 19.5 Å². The van der Waals surface area contributed by atoms with Crippen molar-refractivity contribution in [3.05, 3.63) is 33.3 Å². The summed E-state index contributed by atoms with van der Waals surface area (Å²) < 4.78 is 2.73. The topological polar surface area (TPSA) is 112 Å². The molecule has 2 aliphatic rings. The van der Waals surface area contributed by atoms with Gasteiger partial charge in [0.2, 0.25) is 11.8 Å². The number of fused-ring (bicyclic) bond motifs is 1. The summed E-state index contributed by atoms with van der Waals surface area (Å²) in [4.78, 5) is 43.2. The van der Waals surface area contributed by atoms with Gasteiger partial charge >= 0.3 is 0 Å². The average Bonchev–Trinajstić information content (AvgIpc) is 3.55. The second-order valence-electron chi connectivity index (χ2n) is 10.1. The molecule has 2 aromatic rings. The molecule has 10 heteroatoms. The van der Waals surface area contributed by atoms with E-state index in [2.05, 4.69) is 22.2 Å². The van der Waals surface area contributed by atoms with E-state index in [4.69, 9.17) is 0 Å². The second kappa shape index (κ2) is 9.85. The maximum absolute atomic E-state index is 13.2. The Labute approximate surface area is 205 Å². The monoisotopic (exact) mass is 484 g/mol. The van der Waals surface area contributed by atoms with Gasteiger partial charge in [0, 0.05) is 49.9 Å². The van der Waals surface area contributed by atoms with Gasteiger partial charge in [-0.05, 0) is 45.2 Å². The van der Waals surface area contributed by atoms with E-state index in [0.29, 0.717) is 30.0 Å². The van der Waals surface area contributed by atoms with Gasteiger partial charge in [-0.25, -0.2) is 0 Å². The number of nitrogens with zero attached hydrogens (tertiary/aromatic N) is 5. The minimum atomic E-state index is -0.672. The van der Waals surface area contributed by atoms with Gasteiger partial charge < -0.3 is 15.3 Å². The van der Waals surface area contributed by atoms with E-state index >= 15 is 0 Å². The summed E-state index contributed by atoms with van der Waals surface area (Å²) in [6.07, 6.45) is 4.91. The van der Waals surface area contributed by atoms with Crippen molar-refractivity contribution in [3.8, 4) is 5.88 Å². The normalized spacial score (nSPS) is 19.3. The van der Waals surface area contributed by atoms with Gasteiger partial charge in [-0.1, -0.05) is 20.8 Å². The van der Waals surface area contributed by atoms with Crippen LogP contribution in [0.15, 0.2) is 10.9 Å². The number of aryl methyl sites for hydroxylation is 1. The number of aromatic hydroxyl groups is 1. The quantitative estimate of drug-likeness (QED) is 0.578. The summed E-state index contributed by atoms with van der Waals surface area (Å²) in [5, 5.41) is 18.3. The van der Waals surface area contributed by atoms with Gasteiger partial charge in [-0.3, -0.25) is 23.9 Å². The van der Waals surface area contributed by atoms with Gasteiger partial charge in [0.1, 0.15) is 5.65 Å². The van der Waals surface area contributed by atoms with Crippen molar-refractivity contribution in [2.24, 2.45) is 5.92 Å². The molecule has 0 bridgehead atoms. The van der Waals surface area contributed by atoms with Crippen LogP contribution in [0, 0.1) is 12.8 Å². The fourth-order valence-corrected chi connectivity index (χ4v) is 4.68. The number of carbonyl (C=O) groups excluding carboxylic acids is 2. The number of hydrogen-bond acceptors (Lipinski definition) is 6. The van der Waals surface area contributed by atoms with E-state index in [1.54, 1.807) is 17.6 Å². The highest BCUT2D eigenvalue weighted by atomic mass is 16.3. The molecule has 1 saturated carbocycles. The SMILES string of the molecule is CCN1CCN(C(=O)C=Cc2c(C)nn3c(=O)c(C(=O)NC4CC4)c(O)n(CC(C)C)c23)C(C)C1. The Morgan fingerprint density at radius 3 is 2.57 bits per heavy atom. The highest BCUT2D eigenvalue weighted by Crippen LogP contribution is 2.26. The summed E-state index contributed by atoms with van der Waals surface area (Å²) in [7, 11) is 0. The predicted octanol–water partition coefficient (Wildman–Crippen LogP) is 1.62. The zero-order valence-corrected chi connectivity index (χ0v) is 21.2. The molecule has 1 saturated heterocycles. The molecule has 1 aliphatic heterocycles. The van der Waals surface area contributed by atoms with Crippen molar-refractivity contribution in [1.29, 1.82) is 0 Å². The molecule has 0 radical (unpaired) electrons. The lowest BCUT2D eigenvalue weighted by atomic mass is 10.1. The van der Waals surface area contributed by atoms with Crippen molar-refractivity contribution < 1.29 is 14.7 Å². The van der Waals surface area contributed by atoms with E-state index in [-0.39, 0.29) is 35.4 Å². The fraction of sp³-hybridized carbons (Fsp3) is 0.600. The summed E-state index contributed by atoms with van der Waals surface area (Å²) in [6, 6.07) is 0.141. The van der Waals surface area contributed by atoms with Crippen LogP contribution in [0.4, 0.5) is 0 Å². The lowest BCUT2D eigenvalue weighted by molar-refractivity contribution is -0.130. The van der Waals surface area contributed by atoms with Crippen molar-refractivity contribution in [2.45, 2.75) is 66.1 Å². The van der Waals surface area contributed by atoms with E-state index in [0.717, 1.165) is 32.5 Å². The molecule has 4 rings (SSSR count). The molecular formula is C25H36N6O4. The Bertz CT molecular complexity index is 1220. The van der Waals surface area contributed by atoms with Crippen LogP contribution in [0.1, 0.15) is 62.2 Å². The third kappa shape index (κ3) is 4.98. The van der Waals surface area contributed by atoms with Crippen molar-refractivity contribution in [1.82, 2.24) is 29.3 Å². The van der Waals surface area contributed by atoms with Crippen LogP contribution in [-0.2, 0) is 11.3 Å². The molecule has 190 valence electrons. The largest absolute Gasteiger partial charge is 0.494 e. The Balaban J connectivity index is 1.74. The molecule has 3 heterocycles. The Hall–Kier alpha value is -3.14. The van der Waals surface area contributed by atoms with Crippen LogP contribution < -0.4 is 10.9 Å². The molecule has 2 aromatic heterocycles. The van der Waals surface area contributed by atoms with Crippen molar-refractivity contribution in [3.63, 3.8) is 0 Å². The van der Waals surface area contributed by atoms with Crippen LogP contribution in [-0.4, -0.2) is 79.2 Å². The number of nitrogens with one attached hydrogen (secondary N) is 1. The smallest absolute Gasteiger partial charge is 0.291 e. The van der Waals surface area contributed by atoms with Crippen LogP contribution >= 0.6 is 0 Å². The number of carbonyl (C=O) groups is 2. The number of piperazine rings is 1. The summed E-state index contributed by atoms with van der Waals surface area (Å²) in [5.74, 6) is -0.945. The molecule has 0 aromatic carbocycles. The lowest BCUT2D eigenvalue weighted by Gasteiger charge is -2.39. The molecule has 1 atom stereocenters. The number of aromatic nitrogens is 3. The number of rotatable bonds is 7. The van der Waals surface area contributed by atoms with Crippen LogP contribution in [0.3, 0.4) is 0 Å². The van der Waals surface area contributed by atoms with E-state index in [1.165, 1.54) is 10.6 Å². The Kier molecular flexibility index (Phi) is 7.02. The molecule has 2 amide bonds. The van der Waals surface area contributed by atoms with Crippen molar-refractivity contribution >= 4 is 23.5 Å². The number of amides is 2. The third-order valence-corrected chi connectivity index (χ3v) is 6.74. The first-order valence-electron chi connectivity index (χ1n) is 12.5. The minimum absolute atomic E-state index is 0.0426. The van der Waals surface area contributed by atoms with Gasteiger partial charge in [0.25, 0.3) is 11.5 Å². The molecule has 10 nitrogen and oxygen atoms in total. The van der Waals surface area contributed by atoms with E-state index < -0.39 is 11.5 Å². The molecule has 1 unspecified atom stereocenters. The van der Waals surface area contributed by atoms with Crippen molar-refractivity contribution in [2.75, 3.05) is 26.2 Å². The number of hydrogen-bond donors (Lipinski definition) is 2. The van der Waals surface area contributed by atoms with Gasteiger partial charge in [0.05, 0.1) is 5.69 Å². The summed E-state index contributed by atoms with van der Waals surface area (Å²) in [6.45, 7) is 13.5. The zero-order valence-electron chi connectivity index (χ0n) is 21.2. The first-order chi connectivity index (χ1) is 16.6. The molecular weight excluding hydrogens is 448 g/mol. The first-order valence-corrected chi connectivity index (χ1v) is 12.5. The molecule has 35 heavy (non-hydrogen) atoms. The maximum Gasteiger partial charge on any atom is 0.291 e. The van der Waals surface area contributed by atoms with Gasteiger partial charge in [-0.2, -0.15) is 9.61 Å². The van der Waals surface area contributed by atoms with Crippen LogP contribution in [0.25, 0.3) is 11.7 Å². The summed E-state index contributed by atoms with van der Waals surface area (Å²) in [5.41, 5.74) is 0.498. The zero-order chi connectivity index (χ0) is 25.4. The minimum Gasteiger partial charge on any atom is -0.494 e. The van der Waals surface area contributed by atoms with Gasteiger partial charge in [-0.15, -0.1) is 0 Å². The van der Waals surface area contributed by atoms with Crippen LogP contribution in [0.5, 0.6) is 5.88 Å². The maximum atomic E-state index is 13.2. The standard InChI is InChI=1S/C25H36N6O4/c1-6-28-11-12-29(16(4)14-28)20(32)10-9-19-17(5)27-31-23(19)30(13-15(2)3)24(34)21(25(31)35)22(33)26-18-7-8-18/h9-10,15-16,18,34H,6-8,11-14H2,1-5H3,(H,26,33). The molecule has 2 N–H and O–H groups in total. The average molecular weight is 485 g/mol. The molecule has 2 fully saturated rings. The Morgan fingerprint density at radius 1 is 1.26 bits per heavy atom. The Morgan fingerprint density at radius 2 is 1.97 bits per heavy atom. The van der Waals surface area contributed by atoms with Gasteiger partial charge in [0.15, 0.2) is 5.56 Å². The third-order valence-electron chi connectivity index (χ3n) is 6.74. The highest BCUT2D eigenvalue weighted by Gasteiger charge is 2.30. The molecule has 1 aliphatic carbocycles. The summed E-state index contributed by atoms with van der Waals surface area (Å²) >= 11 is 0. The predicted molar refractivity (Wildman–Crippen MR) is 134 cm³/mol. The fourth-order valence-electron chi connectivity index (χ4n) is 4.68. The van der Waals surface area contributed by atoms with Crippen LogP contribution in [0.2, 0.25) is 0 Å².